The van der Waals surface area contributed by atoms with Gasteiger partial charge in [-0.15, -0.1) is 5.10 Å². The number of hydrogen-bond donors (Lipinski definition) is 0. The Labute approximate surface area is 165 Å². The zero-order valence-electron chi connectivity index (χ0n) is 16.5. The number of aromatic nitrogens is 4. The molecule has 4 rings (SSSR count). The van der Waals surface area contributed by atoms with Crippen LogP contribution in [0.2, 0.25) is 0 Å². The van der Waals surface area contributed by atoms with E-state index in [1.807, 2.05) is 9.80 Å². The molecule has 0 bridgehead atoms. The molecule has 28 heavy (non-hydrogen) atoms. The number of piperidine rings is 1. The van der Waals surface area contributed by atoms with Crippen LogP contribution in [0.25, 0.3) is 0 Å². The van der Waals surface area contributed by atoms with Crippen LogP contribution in [0, 0.1) is 5.92 Å². The maximum absolute atomic E-state index is 12.9. The molecule has 1 spiro atoms. The summed E-state index contributed by atoms with van der Waals surface area (Å²) in [5, 5.41) is 10.9. The van der Waals surface area contributed by atoms with Gasteiger partial charge in [0.15, 0.2) is 0 Å². The van der Waals surface area contributed by atoms with E-state index in [0.717, 1.165) is 6.54 Å². The second-order valence-corrected chi connectivity index (χ2v) is 8.44. The van der Waals surface area contributed by atoms with Crippen LogP contribution in [-0.2, 0) is 20.9 Å². The zero-order chi connectivity index (χ0) is 19.4. The second kappa shape index (κ2) is 8.55. The maximum Gasteiger partial charge on any atom is 0.244 e. The summed E-state index contributed by atoms with van der Waals surface area (Å²) in [5.41, 5.74) is -0.413. The molecule has 0 radical (unpaired) electrons. The zero-order valence-corrected chi connectivity index (χ0v) is 16.5. The van der Waals surface area contributed by atoms with Crippen molar-refractivity contribution in [3.8, 4) is 0 Å². The highest BCUT2D eigenvalue weighted by Gasteiger charge is 2.41. The smallest absolute Gasteiger partial charge is 0.244 e. The molecule has 9 nitrogen and oxygen atoms in total. The number of carbonyl (C=O) groups is 2. The third-order valence-electron chi connectivity index (χ3n) is 6.51. The highest BCUT2D eigenvalue weighted by Crippen LogP contribution is 2.33. The number of ether oxygens (including phenoxy) is 1. The van der Waals surface area contributed by atoms with Crippen molar-refractivity contribution in [1.29, 1.82) is 0 Å². The molecular weight excluding hydrogens is 360 g/mol. The molecule has 1 saturated carbocycles. The average Bonchev–Trinajstić information content (AvgIpc) is 3.16. The van der Waals surface area contributed by atoms with Crippen LogP contribution in [0.3, 0.4) is 0 Å². The second-order valence-electron chi connectivity index (χ2n) is 8.44. The fourth-order valence-corrected chi connectivity index (χ4v) is 4.79. The van der Waals surface area contributed by atoms with E-state index in [2.05, 4.69) is 15.5 Å². The highest BCUT2D eigenvalue weighted by molar-refractivity contribution is 5.78. The summed E-state index contributed by atoms with van der Waals surface area (Å²) in [6, 6.07) is 0. The van der Waals surface area contributed by atoms with Crippen molar-refractivity contribution in [3.05, 3.63) is 6.33 Å². The molecule has 0 atom stereocenters. The lowest BCUT2D eigenvalue weighted by molar-refractivity contribution is -0.142. The summed E-state index contributed by atoms with van der Waals surface area (Å²) in [7, 11) is 0. The molecule has 2 amide bonds. The summed E-state index contributed by atoms with van der Waals surface area (Å²) in [5.74, 6) is 0.870. The Morgan fingerprint density at radius 2 is 1.96 bits per heavy atom. The van der Waals surface area contributed by atoms with Gasteiger partial charge in [0.1, 0.15) is 12.9 Å². The van der Waals surface area contributed by atoms with Crippen molar-refractivity contribution in [1.82, 2.24) is 30.0 Å². The topological polar surface area (TPSA) is 93.5 Å². The molecule has 1 aliphatic carbocycles. The Kier molecular flexibility index (Phi) is 5.89. The minimum atomic E-state index is -0.413. The van der Waals surface area contributed by atoms with Crippen molar-refractivity contribution in [2.75, 3.05) is 32.8 Å². The van der Waals surface area contributed by atoms with Gasteiger partial charge in [0.25, 0.3) is 0 Å². The molecule has 3 heterocycles. The molecule has 9 heteroatoms. The van der Waals surface area contributed by atoms with Gasteiger partial charge in [-0.3, -0.25) is 9.59 Å². The quantitative estimate of drug-likeness (QED) is 0.757. The summed E-state index contributed by atoms with van der Waals surface area (Å²) in [4.78, 5) is 29.2. The van der Waals surface area contributed by atoms with Crippen LogP contribution >= 0.6 is 0 Å². The minimum Gasteiger partial charge on any atom is -0.372 e. The Morgan fingerprint density at radius 3 is 2.68 bits per heavy atom. The van der Waals surface area contributed by atoms with Gasteiger partial charge in [0.2, 0.25) is 11.8 Å². The third-order valence-corrected chi connectivity index (χ3v) is 6.51. The summed E-state index contributed by atoms with van der Waals surface area (Å²) in [6.07, 6.45) is 9.70. The van der Waals surface area contributed by atoms with Crippen molar-refractivity contribution in [2.45, 2.75) is 63.5 Å². The summed E-state index contributed by atoms with van der Waals surface area (Å²) in [6.45, 7) is 3.54. The molecule has 3 fully saturated rings. The van der Waals surface area contributed by atoms with E-state index in [1.54, 1.807) is 0 Å². The molecule has 2 aliphatic heterocycles. The number of rotatable bonds is 4. The molecule has 1 aromatic rings. The molecule has 3 aliphatic rings. The van der Waals surface area contributed by atoms with Gasteiger partial charge in [-0.2, -0.15) is 0 Å². The van der Waals surface area contributed by atoms with Crippen LogP contribution in [0.1, 0.15) is 51.4 Å². The lowest BCUT2D eigenvalue weighted by atomic mass is 9.86. The van der Waals surface area contributed by atoms with Gasteiger partial charge in [0, 0.05) is 26.2 Å². The number of likely N-dealkylation sites (tertiary alicyclic amines) is 1. The van der Waals surface area contributed by atoms with E-state index < -0.39 is 5.60 Å². The van der Waals surface area contributed by atoms with Crippen molar-refractivity contribution >= 4 is 11.8 Å². The monoisotopic (exact) mass is 390 g/mol. The molecule has 0 N–H and O–H groups in total. The molecule has 0 unspecified atom stereocenters. The van der Waals surface area contributed by atoms with E-state index in [9.17, 15) is 9.59 Å². The van der Waals surface area contributed by atoms with Gasteiger partial charge in [0.05, 0.1) is 18.6 Å². The van der Waals surface area contributed by atoms with Crippen molar-refractivity contribution in [3.63, 3.8) is 0 Å². The van der Waals surface area contributed by atoms with Crippen LogP contribution in [-0.4, -0.2) is 80.2 Å². The molecule has 0 aromatic carbocycles. The van der Waals surface area contributed by atoms with Gasteiger partial charge in [-0.05, 0) is 42.0 Å². The Morgan fingerprint density at radius 1 is 1.18 bits per heavy atom. The van der Waals surface area contributed by atoms with Crippen molar-refractivity contribution in [2.24, 2.45) is 5.92 Å². The maximum atomic E-state index is 12.9. The molecule has 2 saturated heterocycles. The number of amides is 2. The molecule has 154 valence electrons. The standard InChI is InChI=1S/C19H30N6O3/c26-17-12-19(28-11-10-24(17)13-16-4-2-1-3-5-16)6-8-23(9-7-19)18(27)14-25-15-20-21-22-25/h15-16H,1-14H2. The number of nitrogens with zero attached hydrogens (tertiary/aromatic N) is 6. The largest absolute Gasteiger partial charge is 0.372 e. The van der Waals surface area contributed by atoms with Gasteiger partial charge in [-0.25, -0.2) is 4.68 Å². The normalized spacial score (nSPS) is 23.8. The summed E-state index contributed by atoms with van der Waals surface area (Å²) >= 11 is 0. The van der Waals surface area contributed by atoms with Gasteiger partial charge in [-0.1, -0.05) is 19.3 Å². The molecular formula is C19H30N6O3. The first-order valence-electron chi connectivity index (χ1n) is 10.5. The predicted molar refractivity (Wildman–Crippen MR) is 100 cm³/mol. The number of tetrazole rings is 1. The first-order valence-corrected chi connectivity index (χ1v) is 10.5. The average molecular weight is 390 g/mol. The van der Waals surface area contributed by atoms with Crippen LogP contribution < -0.4 is 0 Å². The van der Waals surface area contributed by atoms with Crippen LogP contribution in [0.5, 0.6) is 0 Å². The van der Waals surface area contributed by atoms with Crippen LogP contribution in [0.4, 0.5) is 0 Å². The van der Waals surface area contributed by atoms with Gasteiger partial charge >= 0.3 is 0 Å². The number of hydrogen-bond acceptors (Lipinski definition) is 6. The highest BCUT2D eigenvalue weighted by atomic mass is 16.5. The number of carbonyl (C=O) groups excluding carboxylic acids is 2. The van der Waals surface area contributed by atoms with Crippen LogP contribution in [0.15, 0.2) is 6.33 Å². The fourth-order valence-electron chi connectivity index (χ4n) is 4.79. The summed E-state index contributed by atoms with van der Waals surface area (Å²) < 4.78 is 7.65. The Balaban J connectivity index is 1.29. The minimum absolute atomic E-state index is 0.000948. The SMILES string of the molecule is O=C(Cn1cnnn1)N1CCC2(CC1)CC(=O)N(CC1CCCCC1)CCO2. The Hall–Kier alpha value is -2.03. The molecule has 1 aromatic heterocycles. The first-order chi connectivity index (χ1) is 13.6. The fraction of sp³-hybridized carbons (Fsp3) is 0.842. The first kappa shape index (κ1) is 19.3. The van der Waals surface area contributed by atoms with E-state index >= 15 is 0 Å². The predicted octanol–water partition coefficient (Wildman–Crippen LogP) is 0.864. The Bertz CT molecular complexity index is 665. The van der Waals surface area contributed by atoms with E-state index in [1.165, 1.54) is 43.1 Å². The van der Waals surface area contributed by atoms with E-state index in [-0.39, 0.29) is 18.4 Å². The van der Waals surface area contributed by atoms with E-state index in [0.29, 0.717) is 51.4 Å². The lowest BCUT2D eigenvalue weighted by Crippen LogP contribution is -2.49. The van der Waals surface area contributed by atoms with Crippen molar-refractivity contribution < 1.29 is 14.3 Å². The van der Waals surface area contributed by atoms with Gasteiger partial charge < -0.3 is 14.5 Å². The van der Waals surface area contributed by atoms with E-state index in [4.69, 9.17) is 4.74 Å². The lowest BCUT2D eigenvalue weighted by Gasteiger charge is -2.40. The third kappa shape index (κ3) is 4.51.